The van der Waals surface area contributed by atoms with Gasteiger partial charge in [0, 0.05) is 12.6 Å². The molecule has 2 fully saturated rings. The van der Waals surface area contributed by atoms with Crippen LogP contribution in [0.15, 0.2) is 0 Å². The summed E-state index contributed by atoms with van der Waals surface area (Å²) in [6, 6.07) is 0.454. The van der Waals surface area contributed by atoms with Gasteiger partial charge in [-0.2, -0.15) is 0 Å². The Morgan fingerprint density at radius 3 is 2.44 bits per heavy atom. The molecule has 1 aliphatic heterocycles. The van der Waals surface area contributed by atoms with Crippen molar-refractivity contribution in [2.24, 2.45) is 23.5 Å². The molecule has 0 aromatic carbocycles. The smallest absolute Gasteiger partial charge is 0.0196 e. The van der Waals surface area contributed by atoms with Crippen molar-refractivity contribution >= 4 is 0 Å². The van der Waals surface area contributed by atoms with E-state index in [0.29, 0.717) is 6.04 Å². The first-order valence-electron chi connectivity index (χ1n) is 7.14. The highest BCUT2D eigenvalue weighted by Crippen LogP contribution is 2.32. The van der Waals surface area contributed by atoms with E-state index in [0.717, 1.165) is 24.3 Å². The van der Waals surface area contributed by atoms with Crippen LogP contribution in [0.25, 0.3) is 0 Å². The van der Waals surface area contributed by atoms with E-state index >= 15 is 0 Å². The van der Waals surface area contributed by atoms with Crippen LogP contribution in [-0.4, -0.2) is 30.6 Å². The summed E-state index contributed by atoms with van der Waals surface area (Å²) in [6.45, 7) is 8.45. The molecule has 2 rings (SSSR count). The molecule has 0 spiro atoms. The second kappa shape index (κ2) is 5.50. The Kier molecular flexibility index (Phi) is 4.26. The zero-order valence-corrected chi connectivity index (χ0v) is 11.0. The SMILES string of the molecule is CC(C)C1CCCN(CC(N)C2CC2)CC1. The lowest BCUT2D eigenvalue weighted by Gasteiger charge is -2.24. The van der Waals surface area contributed by atoms with Crippen molar-refractivity contribution in [2.75, 3.05) is 19.6 Å². The van der Waals surface area contributed by atoms with Gasteiger partial charge in [0.2, 0.25) is 0 Å². The van der Waals surface area contributed by atoms with E-state index in [2.05, 4.69) is 18.7 Å². The van der Waals surface area contributed by atoms with Gasteiger partial charge in [-0.15, -0.1) is 0 Å². The fourth-order valence-corrected chi connectivity index (χ4v) is 3.00. The summed E-state index contributed by atoms with van der Waals surface area (Å²) in [5, 5.41) is 0. The lowest BCUT2D eigenvalue weighted by atomic mass is 9.89. The Hall–Kier alpha value is -0.0800. The van der Waals surface area contributed by atoms with Crippen molar-refractivity contribution in [2.45, 2.75) is 52.0 Å². The molecule has 2 aliphatic rings. The van der Waals surface area contributed by atoms with Crippen LogP contribution in [0, 0.1) is 17.8 Å². The van der Waals surface area contributed by atoms with Crippen LogP contribution in [-0.2, 0) is 0 Å². The summed E-state index contributed by atoms with van der Waals surface area (Å²) in [5.41, 5.74) is 6.21. The Balaban J connectivity index is 1.74. The quantitative estimate of drug-likeness (QED) is 0.795. The van der Waals surface area contributed by atoms with Crippen molar-refractivity contribution in [3.63, 3.8) is 0 Å². The molecule has 1 aliphatic carbocycles. The molecule has 2 atom stereocenters. The van der Waals surface area contributed by atoms with Gasteiger partial charge in [-0.1, -0.05) is 13.8 Å². The summed E-state index contributed by atoms with van der Waals surface area (Å²) in [7, 11) is 0. The van der Waals surface area contributed by atoms with Gasteiger partial charge < -0.3 is 10.6 Å². The van der Waals surface area contributed by atoms with Crippen molar-refractivity contribution in [1.82, 2.24) is 4.90 Å². The molecule has 1 heterocycles. The molecule has 2 N–H and O–H groups in total. The Morgan fingerprint density at radius 1 is 1.06 bits per heavy atom. The third-order valence-corrected chi connectivity index (χ3v) is 4.50. The van der Waals surface area contributed by atoms with Gasteiger partial charge in [0.15, 0.2) is 0 Å². The van der Waals surface area contributed by atoms with Crippen molar-refractivity contribution in [1.29, 1.82) is 0 Å². The predicted octanol–water partition coefficient (Wildman–Crippen LogP) is 2.48. The highest BCUT2D eigenvalue weighted by molar-refractivity contribution is 4.86. The molecule has 2 nitrogen and oxygen atoms in total. The zero-order valence-electron chi connectivity index (χ0n) is 11.0. The molecule has 1 saturated heterocycles. The van der Waals surface area contributed by atoms with E-state index < -0.39 is 0 Å². The summed E-state index contributed by atoms with van der Waals surface area (Å²) < 4.78 is 0. The number of nitrogens with zero attached hydrogens (tertiary/aromatic N) is 1. The molecule has 0 aromatic rings. The molecule has 0 amide bonds. The maximum Gasteiger partial charge on any atom is 0.0196 e. The fraction of sp³-hybridized carbons (Fsp3) is 1.00. The number of likely N-dealkylation sites (tertiary alicyclic amines) is 1. The number of hydrogen-bond donors (Lipinski definition) is 1. The monoisotopic (exact) mass is 224 g/mol. The minimum absolute atomic E-state index is 0.454. The first-order chi connectivity index (χ1) is 7.66. The summed E-state index contributed by atoms with van der Waals surface area (Å²) >= 11 is 0. The van der Waals surface area contributed by atoms with Crippen LogP contribution in [0.3, 0.4) is 0 Å². The Morgan fingerprint density at radius 2 is 1.81 bits per heavy atom. The first-order valence-corrected chi connectivity index (χ1v) is 7.14. The van der Waals surface area contributed by atoms with Gasteiger partial charge in [-0.3, -0.25) is 0 Å². The number of hydrogen-bond acceptors (Lipinski definition) is 2. The van der Waals surface area contributed by atoms with E-state index in [4.69, 9.17) is 5.73 Å². The van der Waals surface area contributed by atoms with Crippen molar-refractivity contribution in [3.05, 3.63) is 0 Å². The van der Waals surface area contributed by atoms with Gasteiger partial charge in [-0.25, -0.2) is 0 Å². The molecule has 1 saturated carbocycles. The standard InChI is InChI=1S/C14H28N2/c1-11(2)12-4-3-8-16(9-7-12)10-14(15)13-5-6-13/h11-14H,3-10,15H2,1-2H3. The third-order valence-electron chi connectivity index (χ3n) is 4.50. The molecule has 2 heteroatoms. The average Bonchev–Trinajstić information content (AvgIpc) is 3.04. The van der Waals surface area contributed by atoms with Crippen LogP contribution in [0.4, 0.5) is 0 Å². The molecular formula is C14H28N2. The molecule has 0 radical (unpaired) electrons. The molecule has 16 heavy (non-hydrogen) atoms. The predicted molar refractivity (Wildman–Crippen MR) is 69.3 cm³/mol. The molecule has 2 unspecified atom stereocenters. The maximum atomic E-state index is 6.21. The van der Waals surface area contributed by atoms with Crippen LogP contribution in [0.1, 0.15) is 46.0 Å². The minimum atomic E-state index is 0.454. The largest absolute Gasteiger partial charge is 0.326 e. The van der Waals surface area contributed by atoms with Gasteiger partial charge >= 0.3 is 0 Å². The lowest BCUT2D eigenvalue weighted by molar-refractivity contribution is 0.249. The van der Waals surface area contributed by atoms with E-state index in [9.17, 15) is 0 Å². The van der Waals surface area contributed by atoms with E-state index in [1.807, 2.05) is 0 Å². The molecular weight excluding hydrogens is 196 g/mol. The van der Waals surface area contributed by atoms with Gasteiger partial charge in [0.25, 0.3) is 0 Å². The third kappa shape index (κ3) is 3.46. The van der Waals surface area contributed by atoms with E-state index in [-0.39, 0.29) is 0 Å². The summed E-state index contributed by atoms with van der Waals surface area (Å²) in [6.07, 6.45) is 6.94. The van der Waals surface area contributed by atoms with E-state index in [1.54, 1.807) is 0 Å². The normalized spacial score (nSPS) is 30.4. The highest BCUT2D eigenvalue weighted by atomic mass is 15.1. The molecule has 0 aromatic heterocycles. The zero-order chi connectivity index (χ0) is 11.5. The van der Waals surface area contributed by atoms with Gasteiger partial charge in [0.1, 0.15) is 0 Å². The van der Waals surface area contributed by atoms with E-state index in [1.165, 1.54) is 45.2 Å². The maximum absolute atomic E-state index is 6.21. The summed E-state index contributed by atoms with van der Waals surface area (Å²) in [5.74, 6) is 2.66. The molecule has 94 valence electrons. The van der Waals surface area contributed by atoms with Gasteiger partial charge in [0.05, 0.1) is 0 Å². The van der Waals surface area contributed by atoms with Crippen LogP contribution in [0.2, 0.25) is 0 Å². The van der Waals surface area contributed by atoms with Crippen LogP contribution >= 0.6 is 0 Å². The second-order valence-corrected chi connectivity index (χ2v) is 6.24. The number of rotatable bonds is 4. The average molecular weight is 224 g/mol. The minimum Gasteiger partial charge on any atom is -0.326 e. The second-order valence-electron chi connectivity index (χ2n) is 6.24. The highest BCUT2D eigenvalue weighted by Gasteiger charge is 2.30. The Labute approximate surface area is 101 Å². The molecule has 0 bridgehead atoms. The lowest BCUT2D eigenvalue weighted by Crippen LogP contribution is -2.39. The Bertz CT molecular complexity index is 211. The first kappa shape index (κ1) is 12.4. The van der Waals surface area contributed by atoms with Crippen molar-refractivity contribution in [3.8, 4) is 0 Å². The van der Waals surface area contributed by atoms with Crippen LogP contribution in [0.5, 0.6) is 0 Å². The number of nitrogens with two attached hydrogens (primary N) is 1. The van der Waals surface area contributed by atoms with Crippen LogP contribution < -0.4 is 5.73 Å². The summed E-state index contributed by atoms with van der Waals surface area (Å²) in [4.78, 5) is 2.62. The topological polar surface area (TPSA) is 29.3 Å². The van der Waals surface area contributed by atoms with Gasteiger partial charge in [-0.05, 0) is 62.9 Å². The fourth-order valence-electron chi connectivity index (χ4n) is 3.00. The van der Waals surface area contributed by atoms with Crippen molar-refractivity contribution < 1.29 is 0 Å².